The molecule has 0 aromatic rings. The van der Waals surface area contributed by atoms with Crippen LogP contribution in [-0.4, -0.2) is 17.4 Å². The van der Waals surface area contributed by atoms with E-state index in [1.807, 2.05) is 27.7 Å². The summed E-state index contributed by atoms with van der Waals surface area (Å²) >= 11 is 0. The summed E-state index contributed by atoms with van der Waals surface area (Å²) in [5, 5.41) is 0. The molecular formula is C13H22O3. The van der Waals surface area contributed by atoms with E-state index in [0.29, 0.717) is 12.8 Å². The van der Waals surface area contributed by atoms with E-state index in [2.05, 4.69) is 0 Å². The lowest BCUT2D eigenvalue weighted by atomic mass is 9.80. The molecule has 0 radical (unpaired) electrons. The Balaban J connectivity index is 2.53. The highest BCUT2D eigenvalue weighted by molar-refractivity contribution is 5.81. The van der Waals surface area contributed by atoms with Gasteiger partial charge in [0.25, 0.3) is 0 Å². The Hall–Kier alpha value is -0.860. The molecule has 2 atom stereocenters. The lowest BCUT2D eigenvalue weighted by molar-refractivity contribution is -0.161. The van der Waals surface area contributed by atoms with E-state index in [9.17, 15) is 9.59 Å². The number of carbonyl (C=O) groups is 2. The second kappa shape index (κ2) is 4.98. The molecule has 1 aliphatic carbocycles. The van der Waals surface area contributed by atoms with Crippen molar-refractivity contribution < 1.29 is 14.3 Å². The first kappa shape index (κ1) is 13.2. The number of hydrogen-bond acceptors (Lipinski definition) is 3. The van der Waals surface area contributed by atoms with Crippen molar-refractivity contribution in [1.82, 2.24) is 0 Å². The number of ketones is 1. The van der Waals surface area contributed by atoms with Gasteiger partial charge in [-0.25, -0.2) is 0 Å². The summed E-state index contributed by atoms with van der Waals surface area (Å²) in [5.74, 6) is 0.124. The number of ether oxygens (including phenoxy) is 1. The first-order valence-corrected chi connectivity index (χ1v) is 6.04. The molecule has 0 N–H and O–H groups in total. The minimum Gasteiger partial charge on any atom is -0.460 e. The fraction of sp³-hybridized carbons (Fsp3) is 0.846. The lowest BCUT2D eigenvalue weighted by Gasteiger charge is -2.28. The topological polar surface area (TPSA) is 43.4 Å². The molecule has 0 aromatic carbocycles. The summed E-state index contributed by atoms with van der Waals surface area (Å²) in [7, 11) is 0. The lowest BCUT2D eigenvalue weighted by Crippen LogP contribution is -2.33. The van der Waals surface area contributed by atoms with E-state index in [-0.39, 0.29) is 23.6 Å². The van der Waals surface area contributed by atoms with Gasteiger partial charge in [0.1, 0.15) is 11.4 Å². The predicted molar refractivity (Wildman–Crippen MR) is 62.0 cm³/mol. The van der Waals surface area contributed by atoms with Crippen molar-refractivity contribution in [3.63, 3.8) is 0 Å². The summed E-state index contributed by atoms with van der Waals surface area (Å²) < 4.78 is 5.34. The summed E-state index contributed by atoms with van der Waals surface area (Å²) in [6, 6.07) is 0. The monoisotopic (exact) mass is 226 g/mol. The zero-order chi connectivity index (χ0) is 12.3. The molecule has 92 valence electrons. The summed E-state index contributed by atoms with van der Waals surface area (Å²) in [6.45, 7) is 7.47. The molecule has 0 heterocycles. The average Bonchev–Trinajstić information content (AvgIpc) is 2.14. The largest absolute Gasteiger partial charge is 0.460 e. The van der Waals surface area contributed by atoms with E-state index < -0.39 is 5.60 Å². The van der Waals surface area contributed by atoms with Crippen LogP contribution in [0.2, 0.25) is 0 Å². The fourth-order valence-electron chi connectivity index (χ4n) is 2.07. The van der Waals surface area contributed by atoms with Crippen molar-refractivity contribution in [1.29, 1.82) is 0 Å². The van der Waals surface area contributed by atoms with Gasteiger partial charge in [0.05, 0.1) is 5.92 Å². The van der Waals surface area contributed by atoms with Crippen LogP contribution in [0.25, 0.3) is 0 Å². The van der Waals surface area contributed by atoms with Crippen LogP contribution >= 0.6 is 0 Å². The Morgan fingerprint density at radius 1 is 1.44 bits per heavy atom. The Kier molecular flexibility index (Phi) is 4.11. The van der Waals surface area contributed by atoms with Crippen LogP contribution in [0, 0.1) is 11.8 Å². The van der Waals surface area contributed by atoms with Gasteiger partial charge in [-0.05, 0) is 39.5 Å². The van der Waals surface area contributed by atoms with E-state index >= 15 is 0 Å². The Morgan fingerprint density at radius 2 is 2.06 bits per heavy atom. The Bertz CT molecular complexity index is 275. The fourth-order valence-corrected chi connectivity index (χ4v) is 2.07. The van der Waals surface area contributed by atoms with Crippen LogP contribution in [0.5, 0.6) is 0 Å². The van der Waals surface area contributed by atoms with Crippen molar-refractivity contribution >= 4 is 11.8 Å². The maximum absolute atomic E-state index is 11.8. The normalized spacial score (nSPS) is 24.0. The zero-order valence-electron chi connectivity index (χ0n) is 10.7. The third kappa shape index (κ3) is 3.95. The maximum Gasteiger partial charge on any atom is 0.309 e. The van der Waals surface area contributed by atoms with Gasteiger partial charge in [-0.1, -0.05) is 6.92 Å². The molecule has 0 bridgehead atoms. The quantitative estimate of drug-likeness (QED) is 0.680. The summed E-state index contributed by atoms with van der Waals surface area (Å²) in [6.07, 6.45) is 3.10. The molecule has 1 fully saturated rings. The second-order valence-electron chi connectivity index (χ2n) is 5.72. The maximum atomic E-state index is 11.8. The number of esters is 1. The van der Waals surface area contributed by atoms with E-state index in [0.717, 1.165) is 12.8 Å². The van der Waals surface area contributed by atoms with Crippen LogP contribution in [0.4, 0.5) is 0 Å². The first-order chi connectivity index (χ1) is 7.29. The average molecular weight is 226 g/mol. The van der Waals surface area contributed by atoms with Crippen molar-refractivity contribution in [3.05, 3.63) is 0 Å². The van der Waals surface area contributed by atoms with Crippen LogP contribution in [0.15, 0.2) is 0 Å². The second-order valence-corrected chi connectivity index (χ2v) is 5.72. The molecule has 0 aromatic heterocycles. The van der Waals surface area contributed by atoms with Crippen LogP contribution in [-0.2, 0) is 14.3 Å². The number of rotatable bonds is 2. The Labute approximate surface area is 97.5 Å². The van der Waals surface area contributed by atoms with Crippen LogP contribution in [0.1, 0.15) is 53.4 Å². The number of carbonyl (C=O) groups excluding carboxylic acids is 2. The highest BCUT2D eigenvalue weighted by atomic mass is 16.6. The van der Waals surface area contributed by atoms with Gasteiger partial charge in [-0.15, -0.1) is 0 Å². The minimum absolute atomic E-state index is 0.163. The Morgan fingerprint density at radius 3 is 2.56 bits per heavy atom. The molecule has 3 heteroatoms. The minimum atomic E-state index is -0.440. The highest BCUT2D eigenvalue weighted by Gasteiger charge is 2.31. The predicted octanol–water partition coefficient (Wildman–Crippen LogP) is 2.72. The van der Waals surface area contributed by atoms with Crippen molar-refractivity contribution in [2.24, 2.45) is 11.8 Å². The first-order valence-electron chi connectivity index (χ1n) is 6.04. The van der Waals surface area contributed by atoms with Gasteiger partial charge < -0.3 is 4.74 Å². The van der Waals surface area contributed by atoms with Gasteiger partial charge in [0.2, 0.25) is 0 Å². The molecule has 16 heavy (non-hydrogen) atoms. The van der Waals surface area contributed by atoms with Crippen LogP contribution in [0.3, 0.4) is 0 Å². The third-order valence-corrected chi connectivity index (χ3v) is 3.01. The third-order valence-electron chi connectivity index (χ3n) is 3.01. The molecule has 1 rings (SSSR count). The van der Waals surface area contributed by atoms with Crippen LogP contribution < -0.4 is 0 Å². The smallest absolute Gasteiger partial charge is 0.309 e. The summed E-state index contributed by atoms with van der Waals surface area (Å²) in [5.41, 5.74) is -0.440. The van der Waals surface area contributed by atoms with Crippen molar-refractivity contribution in [2.75, 3.05) is 0 Å². The number of hydrogen-bond donors (Lipinski definition) is 0. The molecule has 0 unspecified atom stereocenters. The highest BCUT2D eigenvalue weighted by Crippen LogP contribution is 2.29. The number of Topliss-reactive ketones (excluding diaryl/α,β-unsaturated/α-hetero) is 1. The van der Waals surface area contributed by atoms with Crippen molar-refractivity contribution in [3.8, 4) is 0 Å². The summed E-state index contributed by atoms with van der Waals surface area (Å²) in [4.78, 5) is 23.2. The van der Waals surface area contributed by atoms with Gasteiger partial charge in [-0.2, -0.15) is 0 Å². The van der Waals surface area contributed by atoms with E-state index in [1.165, 1.54) is 0 Å². The molecule has 1 aliphatic rings. The van der Waals surface area contributed by atoms with Gasteiger partial charge in [0, 0.05) is 12.8 Å². The van der Waals surface area contributed by atoms with E-state index in [4.69, 9.17) is 4.74 Å². The van der Waals surface area contributed by atoms with Gasteiger partial charge >= 0.3 is 5.97 Å². The molecule has 0 saturated heterocycles. The van der Waals surface area contributed by atoms with Crippen molar-refractivity contribution in [2.45, 2.75) is 59.0 Å². The zero-order valence-corrected chi connectivity index (χ0v) is 10.7. The van der Waals surface area contributed by atoms with Gasteiger partial charge in [-0.3, -0.25) is 9.59 Å². The standard InChI is InChI=1S/C13H22O3/c1-9(12(15)16-13(2,3)4)10-6-5-7-11(14)8-10/h9-10H,5-8H2,1-4H3/t9-,10-/m0/s1. The molecular weight excluding hydrogens is 204 g/mol. The SMILES string of the molecule is C[C@H](C(=O)OC(C)(C)C)[C@H]1CCCC(=O)C1. The van der Waals surface area contributed by atoms with Gasteiger partial charge in [0.15, 0.2) is 0 Å². The molecule has 0 spiro atoms. The molecule has 1 saturated carbocycles. The van der Waals surface area contributed by atoms with E-state index in [1.54, 1.807) is 0 Å². The molecule has 0 aliphatic heterocycles. The molecule has 3 nitrogen and oxygen atoms in total. The molecule has 0 amide bonds.